The van der Waals surface area contributed by atoms with Crippen LogP contribution in [0.25, 0.3) is 0 Å². The molecule has 1 aliphatic heterocycles. The van der Waals surface area contributed by atoms with Crippen LogP contribution in [-0.4, -0.2) is 56.7 Å². The molecular formula is C19H24F3N5O2S. The Morgan fingerprint density at radius 2 is 2.03 bits per heavy atom. The molecule has 2 aliphatic rings. The summed E-state index contributed by atoms with van der Waals surface area (Å²) in [6.45, 7) is 4.50. The molecule has 7 nitrogen and oxygen atoms in total. The fourth-order valence-electron chi connectivity index (χ4n) is 4.22. The van der Waals surface area contributed by atoms with Crippen LogP contribution < -0.4 is 5.32 Å². The number of carbonyl (C=O) groups is 1. The second kappa shape index (κ2) is 10.2. The summed E-state index contributed by atoms with van der Waals surface area (Å²) in [6, 6.07) is 0. The van der Waals surface area contributed by atoms with Gasteiger partial charge in [-0.1, -0.05) is 6.42 Å². The van der Waals surface area contributed by atoms with Gasteiger partial charge in [0.2, 0.25) is 0 Å². The number of alkyl halides is 3. The summed E-state index contributed by atoms with van der Waals surface area (Å²) in [5, 5.41) is 13.9. The molecule has 0 amide bonds. The van der Waals surface area contributed by atoms with Crippen molar-refractivity contribution in [2.45, 2.75) is 32.0 Å². The van der Waals surface area contributed by atoms with Crippen LogP contribution in [0, 0.1) is 17.8 Å². The van der Waals surface area contributed by atoms with E-state index in [1.54, 1.807) is 23.7 Å². The molecule has 2 fully saturated rings. The summed E-state index contributed by atoms with van der Waals surface area (Å²) in [5.41, 5.74) is 0. The molecular weight excluding hydrogens is 419 g/mol. The van der Waals surface area contributed by atoms with Gasteiger partial charge in [-0.05, 0) is 30.6 Å². The van der Waals surface area contributed by atoms with Crippen molar-refractivity contribution in [3.8, 4) is 0 Å². The van der Waals surface area contributed by atoms with Gasteiger partial charge in [0.15, 0.2) is 0 Å². The minimum atomic E-state index is -5.08. The number of aromatic nitrogens is 3. The van der Waals surface area contributed by atoms with E-state index in [4.69, 9.17) is 9.90 Å². The molecule has 0 aromatic carbocycles. The third kappa shape index (κ3) is 6.36. The Balaban J connectivity index is 0.000000318. The van der Waals surface area contributed by atoms with Crippen molar-refractivity contribution in [1.82, 2.24) is 19.9 Å². The first-order valence-corrected chi connectivity index (χ1v) is 10.6. The van der Waals surface area contributed by atoms with Crippen molar-refractivity contribution in [2.75, 3.05) is 25.0 Å². The van der Waals surface area contributed by atoms with Crippen LogP contribution in [0.2, 0.25) is 0 Å². The molecule has 164 valence electrons. The Bertz CT molecular complexity index is 791. The maximum absolute atomic E-state index is 10.6. The van der Waals surface area contributed by atoms with Gasteiger partial charge >= 0.3 is 12.1 Å². The van der Waals surface area contributed by atoms with Crippen molar-refractivity contribution < 1.29 is 23.1 Å². The fourth-order valence-corrected chi connectivity index (χ4v) is 4.87. The lowest BCUT2D eigenvalue weighted by molar-refractivity contribution is -0.192. The van der Waals surface area contributed by atoms with Crippen molar-refractivity contribution in [1.29, 1.82) is 0 Å². The van der Waals surface area contributed by atoms with Crippen LogP contribution in [0.4, 0.5) is 19.0 Å². The third-order valence-electron chi connectivity index (χ3n) is 5.52. The van der Waals surface area contributed by atoms with E-state index in [0.29, 0.717) is 0 Å². The number of hydrogen-bond donors (Lipinski definition) is 2. The van der Waals surface area contributed by atoms with Gasteiger partial charge in [0, 0.05) is 43.6 Å². The molecule has 1 saturated carbocycles. The summed E-state index contributed by atoms with van der Waals surface area (Å²) in [7, 11) is 0. The number of fused-ring (bicyclic) bond motifs is 1. The molecule has 3 atom stereocenters. The molecule has 1 aliphatic carbocycles. The number of aliphatic carboxylic acids is 1. The van der Waals surface area contributed by atoms with Gasteiger partial charge in [0.25, 0.3) is 0 Å². The van der Waals surface area contributed by atoms with Crippen LogP contribution >= 0.6 is 11.3 Å². The molecule has 0 radical (unpaired) electrons. The number of carboxylic acids is 1. The number of hydrogen-bond acceptors (Lipinski definition) is 7. The topological polar surface area (TPSA) is 91.2 Å². The zero-order valence-corrected chi connectivity index (χ0v) is 17.1. The molecule has 0 spiro atoms. The quantitative estimate of drug-likeness (QED) is 0.731. The van der Waals surface area contributed by atoms with E-state index >= 15 is 0 Å². The molecule has 4 rings (SSSR count). The fraction of sp³-hybridized carbons (Fsp3) is 0.579. The largest absolute Gasteiger partial charge is 0.490 e. The van der Waals surface area contributed by atoms with Gasteiger partial charge in [-0.3, -0.25) is 9.88 Å². The minimum Gasteiger partial charge on any atom is -0.475 e. The number of nitrogens with zero attached hydrogens (tertiary/aromatic N) is 4. The van der Waals surface area contributed by atoms with Crippen LogP contribution in [0.15, 0.2) is 30.2 Å². The Kier molecular flexibility index (Phi) is 7.59. The van der Waals surface area contributed by atoms with E-state index in [1.807, 2.05) is 12.4 Å². The van der Waals surface area contributed by atoms with E-state index in [0.717, 1.165) is 36.7 Å². The smallest absolute Gasteiger partial charge is 0.475 e. The highest BCUT2D eigenvalue weighted by atomic mass is 32.1. The normalized spacial score (nSPS) is 23.9. The molecule has 2 aromatic heterocycles. The Labute approximate surface area is 176 Å². The summed E-state index contributed by atoms with van der Waals surface area (Å²) in [4.78, 5) is 24.4. The highest BCUT2D eigenvalue weighted by Crippen LogP contribution is 2.40. The van der Waals surface area contributed by atoms with E-state index in [1.165, 1.54) is 37.4 Å². The Morgan fingerprint density at radius 1 is 1.23 bits per heavy atom. The molecule has 2 aromatic rings. The maximum Gasteiger partial charge on any atom is 0.490 e. The number of anilines is 1. The number of nitrogens with one attached hydrogen (secondary N) is 1. The van der Waals surface area contributed by atoms with Crippen LogP contribution in [0.1, 0.15) is 24.3 Å². The van der Waals surface area contributed by atoms with Gasteiger partial charge in [0.05, 0.1) is 12.7 Å². The van der Waals surface area contributed by atoms with Crippen molar-refractivity contribution in [2.24, 2.45) is 17.8 Å². The SMILES string of the molecule is O=C(O)C(F)(F)F.c1cnc(NC[C@@H]2CCC[C@@H]3CN(Cc4nccs4)C[C@@H]32)cn1. The van der Waals surface area contributed by atoms with Crippen LogP contribution in [0.5, 0.6) is 0 Å². The molecule has 3 heterocycles. The second-order valence-corrected chi connectivity index (χ2v) is 8.49. The lowest BCUT2D eigenvalue weighted by Gasteiger charge is -2.33. The molecule has 2 N–H and O–H groups in total. The first-order valence-electron chi connectivity index (χ1n) is 9.73. The summed E-state index contributed by atoms with van der Waals surface area (Å²) >= 11 is 1.77. The zero-order chi connectivity index (χ0) is 21.6. The minimum absolute atomic E-state index is 0.747. The molecule has 0 unspecified atom stereocenters. The van der Waals surface area contributed by atoms with Gasteiger partial charge < -0.3 is 10.4 Å². The van der Waals surface area contributed by atoms with Gasteiger partial charge in [-0.2, -0.15) is 13.2 Å². The lowest BCUT2D eigenvalue weighted by Crippen LogP contribution is -2.32. The predicted molar refractivity (Wildman–Crippen MR) is 106 cm³/mol. The summed E-state index contributed by atoms with van der Waals surface area (Å²) in [6.07, 6.45) is 6.19. The maximum atomic E-state index is 10.6. The van der Waals surface area contributed by atoms with Gasteiger partial charge in [0.1, 0.15) is 10.8 Å². The standard InChI is InChI=1S/C17H23N5S.C2HF3O2/c1-2-13(8-21-16-9-18-4-5-19-16)15-11-22(10-14(15)3-1)12-17-20-6-7-23-17;3-2(4,5)1(6)7/h4-7,9,13-15H,1-3,8,10-12H2,(H,19,21);(H,6,7)/t13-,14+,15+;/m0./s1. The van der Waals surface area contributed by atoms with Crippen LogP contribution in [-0.2, 0) is 11.3 Å². The van der Waals surface area contributed by atoms with E-state index in [2.05, 4.69) is 30.5 Å². The van der Waals surface area contributed by atoms with E-state index in [-0.39, 0.29) is 0 Å². The number of likely N-dealkylation sites (tertiary alicyclic amines) is 1. The summed E-state index contributed by atoms with van der Waals surface area (Å²) < 4.78 is 31.7. The van der Waals surface area contributed by atoms with Gasteiger partial charge in [-0.25, -0.2) is 14.8 Å². The van der Waals surface area contributed by atoms with Crippen molar-refractivity contribution in [3.63, 3.8) is 0 Å². The van der Waals surface area contributed by atoms with Crippen LogP contribution in [0.3, 0.4) is 0 Å². The van der Waals surface area contributed by atoms with E-state index < -0.39 is 12.1 Å². The molecule has 30 heavy (non-hydrogen) atoms. The number of thiazole rings is 1. The molecule has 1 saturated heterocycles. The van der Waals surface area contributed by atoms with Crippen molar-refractivity contribution >= 4 is 23.1 Å². The first-order chi connectivity index (χ1) is 14.3. The third-order valence-corrected chi connectivity index (χ3v) is 6.28. The lowest BCUT2D eigenvalue weighted by atomic mass is 9.74. The first kappa shape index (κ1) is 22.4. The zero-order valence-electron chi connectivity index (χ0n) is 16.3. The average Bonchev–Trinajstić information content (AvgIpc) is 3.36. The highest BCUT2D eigenvalue weighted by Gasteiger charge is 2.40. The van der Waals surface area contributed by atoms with Crippen molar-refractivity contribution in [3.05, 3.63) is 35.2 Å². The number of carboxylic acid groups (broad SMARTS) is 1. The molecule has 0 bridgehead atoms. The summed E-state index contributed by atoms with van der Waals surface area (Å²) in [5.74, 6) is 0.557. The predicted octanol–water partition coefficient (Wildman–Crippen LogP) is 3.53. The molecule has 11 heteroatoms. The Morgan fingerprint density at radius 3 is 2.67 bits per heavy atom. The highest BCUT2D eigenvalue weighted by molar-refractivity contribution is 7.09. The number of halogens is 3. The van der Waals surface area contributed by atoms with Gasteiger partial charge in [-0.15, -0.1) is 11.3 Å². The Hall–Kier alpha value is -2.27. The average molecular weight is 443 g/mol. The van der Waals surface area contributed by atoms with E-state index in [9.17, 15) is 13.2 Å². The monoisotopic (exact) mass is 443 g/mol. The number of rotatable bonds is 5. The second-order valence-electron chi connectivity index (χ2n) is 7.51.